The van der Waals surface area contributed by atoms with Crippen LogP contribution in [0.25, 0.3) is 11.0 Å². The molecular weight excluding hydrogens is 368 g/mol. The Labute approximate surface area is 179 Å². The van der Waals surface area contributed by atoms with Gasteiger partial charge in [-0.1, -0.05) is 75.4 Å². The zero-order valence-corrected chi connectivity index (χ0v) is 18.1. The minimum atomic E-state index is 0.144. The molecule has 3 aromatic carbocycles. The van der Waals surface area contributed by atoms with Crippen LogP contribution in [0.1, 0.15) is 44.1 Å². The molecule has 4 aromatic rings. The second-order valence-electron chi connectivity index (χ2n) is 8.82. The maximum Gasteiger partial charge on any atom is 0.147 e. The van der Waals surface area contributed by atoms with Crippen LogP contribution in [0.15, 0.2) is 78.9 Å². The lowest BCUT2D eigenvalue weighted by Gasteiger charge is -2.19. The van der Waals surface area contributed by atoms with Crippen molar-refractivity contribution in [3.05, 3.63) is 95.8 Å². The maximum atomic E-state index is 6.11. The van der Waals surface area contributed by atoms with Gasteiger partial charge in [0.25, 0.3) is 0 Å². The van der Waals surface area contributed by atoms with Crippen LogP contribution in [0.3, 0.4) is 0 Å². The van der Waals surface area contributed by atoms with Crippen molar-refractivity contribution in [1.82, 2.24) is 9.55 Å². The molecule has 0 unspecified atom stereocenters. The highest BCUT2D eigenvalue weighted by atomic mass is 16.5. The number of hydrogen-bond acceptors (Lipinski definition) is 2. The highest BCUT2D eigenvalue weighted by Gasteiger charge is 2.14. The molecule has 0 fully saturated rings. The van der Waals surface area contributed by atoms with Crippen LogP contribution in [0, 0.1) is 0 Å². The van der Waals surface area contributed by atoms with Gasteiger partial charge in [-0.3, -0.25) is 0 Å². The molecule has 0 radical (unpaired) electrons. The van der Waals surface area contributed by atoms with E-state index in [-0.39, 0.29) is 5.41 Å². The number of rotatable bonds is 7. The summed E-state index contributed by atoms with van der Waals surface area (Å²) >= 11 is 0. The summed E-state index contributed by atoms with van der Waals surface area (Å²) in [5.74, 6) is 1.86. The van der Waals surface area contributed by atoms with Gasteiger partial charge in [-0.05, 0) is 53.6 Å². The molecule has 0 spiro atoms. The summed E-state index contributed by atoms with van der Waals surface area (Å²) in [6, 6.07) is 27.4. The first-order valence-electron chi connectivity index (χ1n) is 10.7. The minimum absolute atomic E-state index is 0.144. The lowest BCUT2D eigenvalue weighted by Crippen LogP contribution is -2.11. The highest BCUT2D eigenvalue weighted by Crippen LogP contribution is 2.25. The number of para-hydroxylation sites is 2. The molecule has 0 amide bonds. The van der Waals surface area contributed by atoms with E-state index in [0.717, 1.165) is 36.5 Å². The first-order valence-corrected chi connectivity index (χ1v) is 10.7. The van der Waals surface area contributed by atoms with Crippen LogP contribution in [0.2, 0.25) is 0 Å². The zero-order valence-electron chi connectivity index (χ0n) is 18.1. The first kappa shape index (κ1) is 20.2. The van der Waals surface area contributed by atoms with Gasteiger partial charge in [0.1, 0.15) is 18.2 Å². The third-order valence-corrected chi connectivity index (χ3v) is 5.51. The topological polar surface area (TPSA) is 27.1 Å². The maximum absolute atomic E-state index is 6.11. The Morgan fingerprint density at radius 3 is 2.27 bits per heavy atom. The molecule has 0 saturated carbocycles. The number of fused-ring (bicyclic) bond motifs is 1. The monoisotopic (exact) mass is 398 g/mol. The Bertz CT molecular complexity index is 1090. The molecule has 4 rings (SSSR count). The summed E-state index contributed by atoms with van der Waals surface area (Å²) in [5.41, 5.74) is 5.03. The predicted molar refractivity (Wildman–Crippen MR) is 124 cm³/mol. The number of hydrogen-bond donors (Lipinski definition) is 0. The summed E-state index contributed by atoms with van der Waals surface area (Å²) in [5, 5.41) is 0. The number of benzene rings is 3. The third kappa shape index (κ3) is 4.73. The fourth-order valence-electron chi connectivity index (χ4n) is 3.77. The quantitative estimate of drug-likeness (QED) is 0.353. The summed E-state index contributed by atoms with van der Waals surface area (Å²) in [6.45, 7) is 8.06. The molecule has 154 valence electrons. The molecule has 0 N–H and O–H groups in total. The van der Waals surface area contributed by atoms with E-state index in [0.29, 0.717) is 6.61 Å². The van der Waals surface area contributed by atoms with Crippen LogP contribution < -0.4 is 4.74 Å². The van der Waals surface area contributed by atoms with Crippen LogP contribution >= 0.6 is 0 Å². The highest BCUT2D eigenvalue weighted by molar-refractivity contribution is 5.75. The molecule has 1 aromatic heterocycles. The summed E-state index contributed by atoms with van der Waals surface area (Å²) < 4.78 is 8.42. The lowest BCUT2D eigenvalue weighted by atomic mass is 9.87. The molecule has 30 heavy (non-hydrogen) atoms. The first-order chi connectivity index (χ1) is 14.5. The molecule has 0 aliphatic rings. The number of aromatic nitrogens is 2. The second kappa shape index (κ2) is 8.74. The van der Waals surface area contributed by atoms with Crippen molar-refractivity contribution in [2.24, 2.45) is 0 Å². The molecule has 3 nitrogen and oxygen atoms in total. The van der Waals surface area contributed by atoms with Gasteiger partial charge in [0.15, 0.2) is 0 Å². The van der Waals surface area contributed by atoms with Crippen molar-refractivity contribution in [2.75, 3.05) is 0 Å². The van der Waals surface area contributed by atoms with Crippen molar-refractivity contribution in [3.8, 4) is 5.75 Å². The smallest absolute Gasteiger partial charge is 0.147 e. The average Bonchev–Trinajstić information content (AvgIpc) is 3.10. The Kier molecular flexibility index (Phi) is 5.89. The van der Waals surface area contributed by atoms with E-state index in [1.54, 1.807) is 0 Å². The van der Waals surface area contributed by atoms with Gasteiger partial charge in [-0.25, -0.2) is 4.98 Å². The number of imidazole rings is 1. The molecule has 1 heterocycles. The van der Waals surface area contributed by atoms with Crippen molar-refractivity contribution in [2.45, 2.75) is 52.2 Å². The summed E-state index contributed by atoms with van der Waals surface area (Å²) in [7, 11) is 0. The van der Waals surface area contributed by atoms with Crippen molar-refractivity contribution in [3.63, 3.8) is 0 Å². The molecule has 0 aliphatic heterocycles. The molecule has 0 bridgehead atoms. The van der Waals surface area contributed by atoms with Crippen LogP contribution in [-0.4, -0.2) is 9.55 Å². The second-order valence-corrected chi connectivity index (χ2v) is 8.82. The Hall–Kier alpha value is -3.07. The molecule has 0 aliphatic carbocycles. The Morgan fingerprint density at radius 2 is 1.53 bits per heavy atom. The van der Waals surface area contributed by atoms with Crippen LogP contribution in [0.5, 0.6) is 5.75 Å². The number of nitrogens with zero attached hydrogens (tertiary/aromatic N) is 2. The van der Waals surface area contributed by atoms with Crippen molar-refractivity contribution >= 4 is 11.0 Å². The van der Waals surface area contributed by atoms with Crippen molar-refractivity contribution in [1.29, 1.82) is 0 Å². The summed E-state index contributed by atoms with van der Waals surface area (Å²) in [6.07, 6.45) is 2.12. The van der Waals surface area contributed by atoms with E-state index in [1.807, 2.05) is 6.07 Å². The van der Waals surface area contributed by atoms with Crippen LogP contribution in [-0.2, 0) is 25.0 Å². The standard InChI is InChI=1S/C27H30N2O/c1-27(2,3)22-15-17-23(18-16-22)30-20-26-28-24-13-7-8-14-25(24)29(26)19-9-12-21-10-5-4-6-11-21/h4-8,10-11,13-18H,9,12,19-20H2,1-3H3. The SMILES string of the molecule is CC(C)(C)c1ccc(OCc2nc3ccccc3n2CCCc2ccccc2)cc1. The van der Waals surface area contributed by atoms with Crippen molar-refractivity contribution < 1.29 is 4.74 Å². The van der Waals surface area contributed by atoms with Crippen LogP contribution in [0.4, 0.5) is 0 Å². The fourth-order valence-corrected chi connectivity index (χ4v) is 3.77. The minimum Gasteiger partial charge on any atom is -0.486 e. The van der Waals surface area contributed by atoms with E-state index < -0.39 is 0 Å². The zero-order chi connectivity index (χ0) is 21.0. The van der Waals surface area contributed by atoms with Gasteiger partial charge >= 0.3 is 0 Å². The number of ether oxygens (including phenoxy) is 1. The van der Waals surface area contributed by atoms with E-state index >= 15 is 0 Å². The average molecular weight is 399 g/mol. The Balaban J connectivity index is 1.48. The van der Waals surface area contributed by atoms with E-state index in [1.165, 1.54) is 16.6 Å². The molecule has 0 atom stereocenters. The summed E-state index contributed by atoms with van der Waals surface area (Å²) in [4.78, 5) is 4.85. The van der Waals surface area contributed by atoms with Gasteiger partial charge in [-0.15, -0.1) is 0 Å². The van der Waals surface area contributed by atoms with Gasteiger partial charge < -0.3 is 9.30 Å². The molecule has 0 saturated heterocycles. The number of aryl methyl sites for hydroxylation is 2. The normalized spacial score (nSPS) is 11.7. The van der Waals surface area contributed by atoms with Gasteiger partial charge in [0.2, 0.25) is 0 Å². The third-order valence-electron chi connectivity index (χ3n) is 5.51. The lowest BCUT2D eigenvalue weighted by molar-refractivity contribution is 0.289. The van der Waals surface area contributed by atoms with Gasteiger partial charge in [0.05, 0.1) is 11.0 Å². The fraction of sp³-hybridized carbons (Fsp3) is 0.296. The van der Waals surface area contributed by atoms with Gasteiger partial charge in [-0.2, -0.15) is 0 Å². The predicted octanol–water partition coefficient (Wildman–Crippen LogP) is 6.55. The van der Waals surface area contributed by atoms with E-state index in [4.69, 9.17) is 9.72 Å². The molecular formula is C27H30N2O. The Morgan fingerprint density at radius 1 is 0.833 bits per heavy atom. The van der Waals surface area contributed by atoms with E-state index in [2.05, 4.69) is 98.1 Å². The van der Waals surface area contributed by atoms with Gasteiger partial charge in [0, 0.05) is 6.54 Å². The molecule has 3 heteroatoms. The largest absolute Gasteiger partial charge is 0.486 e. The van der Waals surface area contributed by atoms with E-state index in [9.17, 15) is 0 Å².